The van der Waals surface area contributed by atoms with E-state index in [-0.39, 0.29) is 6.04 Å². The van der Waals surface area contributed by atoms with Gasteiger partial charge in [0.15, 0.2) is 0 Å². The Labute approximate surface area is 112 Å². The second-order valence-electron chi connectivity index (χ2n) is 4.13. The van der Waals surface area contributed by atoms with Crippen LogP contribution in [-0.4, -0.2) is 16.0 Å². The van der Waals surface area contributed by atoms with Gasteiger partial charge in [-0.15, -0.1) is 0 Å². The van der Waals surface area contributed by atoms with Gasteiger partial charge >= 0.3 is 0 Å². The summed E-state index contributed by atoms with van der Waals surface area (Å²) in [5, 5.41) is 0.912. The number of nitrogens with two attached hydrogens (primary N) is 1. The Kier molecular flexibility index (Phi) is 4.73. The highest BCUT2D eigenvalue weighted by Crippen LogP contribution is 2.29. The minimum absolute atomic E-state index is 0.216. The van der Waals surface area contributed by atoms with Crippen molar-refractivity contribution in [2.24, 2.45) is 5.73 Å². The SMILES string of the molecule is CCC(N)Cc1ccccc1Sc1cnccn1. The van der Waals surface area contributed by atoms with Gasteiger partial charge in [-0.1, -0.05) is 36.9 Å². The zero-order valence-corrected chi connectivity index (χ0v) is 11.2. The van der Waals surface area contributed by atoms with Gasteiger partial charge in [0.25, 0.3) is 0 Å². The molecule has 2 aromatic rings. The third-order valence-electron chi connectivity index (χ3n) is 2.73. The first-order valence-corrected chi connectivity index (χ1v) is 6.88. The first kappa shape index (κ1) is 13.1. The van der Waals surface area contributed by atoms with Crippen molar-refractivity contribution in [1.82, 2.24) is 9.97 Å². The van der Waals surface area contributed by atoms with E-state index in [1.54, 1.807) is 30.4 Å². The quantitative estimate of drug-likeness (QED) is 0.897. The van der Waals surface area contributed by atoms with Crippen LogP contribution in [0.2, 0.25) is 0 Å². The summed E-state index contributed by atoms with van der Waals surface area (Å²) in [6.45, 7) is 2.11. The molecule has 1 heterocycles. The summed E-state index contributed by atoms with van der Waals surface area (Å²) in [7, 11) is 0. The third-order valence-corrected chi connectivity index (χ3v) is 3.77. The Balaban J connectivity index is 2.17. The summed E-state index contributed by atoms with van der Waals surface area (Å²) >= 11 is 1.64. The van der Waals surface area contributed by atoms with E-state index in [1.165, 1.54) is 10.5 Å². The van der Waals surface area contributed by atoms with Crippen molar-refractivity contribution in [3.8, 4) is 0 Å². The molecule has 0 aliphatic heterocycles. The molecule has 0 aliphatic rings. The van der Waals surface area contributed by atoms with Gasteiger partial charge in [-0.3, -0.25) is 4.98 Å². The molecule has 0 radical (unpaired) electrons. The zero-order valence-electron chi connectivity index (χ0n) is 10.4. The van der Waals surface area contributed by atoms with Crippen LogP contribution in [0.4, 0.5) is 0 Å². The Morgan fingerprint density at radius 3 is 2.83 bits per heavy atom. The zero-order chi connectivity index (χ0) is 12.8. The number of rotatable bonds is 5. The van der Waals surface area contributed by atoms with Crippen molar-refractivity contribution in [2.75, 3.05) is 0 Å². The molecule has 4 heteroatoms. The molecule has 1 unspecified atom stereocenters. The molecular formula is C14H17N3S. The van der Waals surface area contributed by atoms with Crippen LogP contribution in [0.5, 0.6) is 0 Å². The molecule has 0 fully saturated rings. The van der Waals surface area contributed by atoms with E-state index in [1.807, 2.05) is 6.07 Å². The lowest BCUT2D eigenvalue weighted by Gasteiger charge is -2.12. The van der Waals surface area contributed by atoms with E-state index >= 15 is 0 Å². The highest BCUT2D eigenvalue weighted by Gasteiger charge is 2.08. The molecule has 0 bridgehead atoms. The third kappa shape index (κ3) is 3.55. The first-order valence-electron chi connectivity index (χ1n) is 6.07. The summed E-state index contributed by atoms with van der Waals surface area (Å²) in [6.07, 6.45) is 7.07. The molecule has 2 rings (SSSR count). The van der Waals surface area contributed by atoms with Crippen molar-refractivity contribution in [1.29, 1.82) is 0 Å². The minimum Gasteiger partial charge on any atom is -0.327 e. The lowest BCUT2D eigenvalue weighted by atomic mass is 10.1. The fraction of sp³-hybridized carbons (Fsp3) is 0.286. The van der Waals surface area contributed by atoms with Crippen molar-refractivity contribution < 1.29 is 0 Å². The Bertz CT molecular complexity index is 487. The lowest BCUT2D eigenvalue weighted by molar-refractivity contribution is 0.641. The monoisotopic (exact) mass is 259 g/mol. The van der Waals surface area contributed by atoms with Gasteiger partial charge < -0.3 is 5.73 Å². The molecule has 0 saturated heterocycles. The lowest BCUT2D eigenvalue weighted by Crippen LogP contribution is -2.21. The number of benzene rings is 1. The predicted molar refractivity (Wildman–Crippen MR) is 74.6 cm³/mol. The summed E-state index contributed by atoms with van der Waals surface area (Å²) in [6, 6.07) is 8.55. The van der Waals surface area contributed by atoms with E-state index in [0.29, 0.717) is 0 Å². The maximum atomic E-state index is 6.03. The molecule has 0 spiro atoms. The van der Waals surface area contributed by atoms with E-state index in [9.17, 15) is 0 Å². The van der Waals surface area contributed by atoms with Crippen LogP contribution < -0.4 is 5.73 Å². The summed E-state index contributed by atoms with van der Waals surface area (Å²) in [5.74, 6) is 0. The number of hydrogen-bond acceptors (Lipinski definition) is 4. The molecule has 1 aromatic carbocycles. The molecule has 18 heavy (non-hydrogen) atoms. The van der Waals surface area contributed by atoms with Gasteiger partial charge in [0.2, 0.25) is 0 Å². The fourth-order valence-electron chi connectivity index (χ4n) is 1.65. The largest absolute Gasteiger partial charge is 0.327 e. The van der Waals surface area contributed by atoms with Gasteiger partial charge in [-0.25, -0.2) is 4.98 Å². The maximum absolute atomic E-state index is 6.03. The smallest absolute Gasteiger partial charge is 0.119 e. The van der Waals surface area contributed by atoms with Crippen LogP contribution in [0.3, 0.4) is 0 Å². The molecule has 1 aromatic heterocycles. The normalized spacial score (nSPS) is 12.3. The van der Waals surface area contributed by atoms with Crippen LogP contribution in [0.15, 0.2) is 52.8 Å². The molecule has 94 valence electrons. The standard InChI is InChI=1S/C14H17N3S/c1-2-12(15)9-11-5-3-4-6-13(11)18-14-10-16-7-8-17-14/h3-8,10,12H,2,9,15H2,1H3. The topological polar surface area (TPSA) is 51.8 Å². The van der Waals surface area contributed by atoms with Crippen molar-refractivity contribution in [2.45, 2.75) is 35.7 Å². The van der Waals surface area contributed by atoms with Gasteiger partial charge in [-0.2, -0.15) is 0 Å². The van der Waals surface area contributed by atoms with Crippen LogP contribution in [0, 0.1) is 0 Å². The molecular weight excluding hydrogens is 242 g/mol. The van der Waals surface area contributed by atoms with Crippen LogP contribution >= 0.6 is 11.8 Å². The van der Waals surface area contributed by atoms with Gasteiger partial charge in [-0.05, 0) is 24.5 Å². The number of aromatic nitrogens is 2. The van der Waals surface area contributed by atoms with E-state index < -0.39 is 0 Å². The molecule has 1 atom stereocenters. The maximum Gasteiger partial charge on any atom is 0.119 e. The fourth-order valence-corrected chi connectivity index (χ4v) is 2.53. The molecule has 0 aliphatic carbocycles. The van der Waals surface area contributed by atoms with Crippen LogP contribution in [0.1, 0.15) is 18.9 Å². The highest BCUT2D eigenvalue weighted by atomic mass is 32.2. The number of nitrogens with zero attached hydrogens (tertiary/aromatic N) is 2. The Morgan fingerprint density at radius 1 is 1.28 bits per heavy atom. The predicted octanol–water partition coefficient (Wildman–Crippen LogP) is 2.91. The second kappa shape index (κ2) is 6.52. The van der Waals surface area contributed by atoms with Gasteiger partial charge in [0.05, 0.1) is 6.20 Å². The average Bonchev–Trinajstić information content (AvgIpc) is 2.42. The summed E-state index contributed by atoms with van der Waals surface area (Å²) in [4.78, 5) is 9.57. The number of hydrogen-bond donors (Lipinski definition) is 1. The first-order chi connectivity index (χ1) is 8.79. The van der Waals surface area contributed by atoms with Crippen LogP contribution in [-0.2, 0) is 6.42 Å². The van der Waals surface area contributed by atoms with Crippen molar-refractivity contribution >= 4 is 11.8 Å². The van der Waals surface area contributed by atoms with Crippen molar-refractivity contribution in [3.63, 3.8) is 0 Å². The van der Waals surface area contributed by atoms with Crippen molar-refractivity contribution in [3.05, 3.63) is 48.4 Å². The summed E-state index contributed by atoms with van der Waals surface area (Å²) in [5.41, 5.74) is 7.31. The van der Waals surface area contributed by atoms with E-state index in [4.69, 9.17) is 5.73 Å². The highest BCUT2D eigenvalue weighted by molar-refractivity contribution is 7.99. The molecule has 3 nitrogen and oxygen atoms in total. The second-order valence-corrected chi connectivity index (χ2v) is 5.19. The molecule has 0 saturated carbocycles. The van der Waals surface area contributed by atoms with Crippen LogP contribution in [0.25, 0.3) is 0 Å². The summed E-state index contributed by atoms with van der Waals surface area (Å²) < 4.78 is 0. The Hall–Kier alpha value is -1.39. The van der Waals surface area contributed by atoms with Gasteiger partial charge in [0, 0.05) is 23.3 Å². The average molecular weight is 259 g/mol. The van der Waals surface area contributed by atoms with Gasteiger partial charge in [0.1, 0.15) is 5.03 Å². The molecule has 0 amide bonds. The molecule has 2 N–H and O–H groups in total. The Morgan fingerprint density at radius 2 is 2.11 bits per heavy atom. The minimum atomic E-state index is 0.216. The van der Waals surface area contributed by atoms with E-state index in [2.05, 4.69) is 35.1 Å². The van der Waals surface area contributed by atoms with E-state index in [0.717, 1.165) is 17.9 Å².